The summed E-state index contributed by atoms with van der Waals surface area (Å²) in [4.78, 5) is 25.3. The van der Waals surface area contributed by atoms with Gasteiger partial charge in [0.1, 0.15) is 35.6 Å². The first-order chi connectivity index (χ1) is 16.3. The fraction of sp³-hybridized carbons (Fsp3) is 0.192. The highest BCUT2D eigenvalue weighted by Gasteiger charge is 2.27. The number of halogens is 2. The standard InChI is InChI=1S/C26H23F2N3O3/c1-16(2)24(31-25(32)23-21(27)10-5-11-22(23)28)26(33)30-19-8-4-9-20(13-19)34-15-18-7-3-6-17(12-18)14-29/h3-13,16,24H,15H2,1-2H3,(H,30,33)(H,31,32)/t24-/m0/s1. The molecule has 0 saturated carbocycles. The summed E-state index contributed by atoms with van der Waals surface area (Å²) in [5, 5.41) is 14.1. The molecule has 0 aliphatic rings. The quantitative estimate of drug-likeness (QED) is 0.502. The summed E-state index contributed by atoms with van der Waals surface area (Å²) in [6.45, 7) is 3.64. The van der Waals surface area contributed by atoms with E-state index in [1.807, 2.05) is 6.07 Å². The van der Waals surface area contributed by atoms with E-state index in [-0.39, 0.29) is 12.5 Å². The SMILES string of the molecule is CC(C)[C@H](NC(=O)c1c(F)cccc1F)C(=O)Nc1cccc(OCc2cccc(C#N)c2)c1. The van der Waals surface area contributed by atoms with Crippen molar-refractivity contribution < 1.29 is 23.1 Å². The minimum atomic E-state index is -1.04. The van der Waals surface area contributed by atoms with Crippen molar-refractivity contribution in [2.75, 3.05) is 5.32 Å². The van der Waals surface area contributed by atoms with Gasteiger partial charge in [-0.2, -0.15) is 5.26 Å². The molecule has 0 spiro atoms. The monoisotopic (exact) mass is 463 g/mol. The lowest BCUT2D eigenvalue weighted by Gasteiger charge is -2.22. The van der Waals surface area contributed by atoms with Crippen molar-refractivity contribution >= 4 is 17.5 Å². The van der Waals surface area contributed by atoms with E-state index in [0.717, 1.165) is 23.8 Å². The first-order valence-electron chi connectivity index (χ1n) is 10.6. The number of benzene rings is 3. The predicted molar refractivity (Wildman–Crippen MR) is 123 cm³/mol. The summed E-state index contributed by atoms with van der Waals surface area (Å²) in [5.74, 6) is -3.44. The Kier molecular flexibility index (Phi) is 7.93. The molecule has 0 aliphatic carbocycles. The van der Waals surface area contributed by atoms with Gasteiger partial charge in [0, 0.05) is 11.8 Å². The lowest BCUT2D eigenvalue weighted by molar-refractivity contribution is -0.118. The molecule has 0 fully saturated rings. The summed E-state index contributed by atoms with van der Waals surface area (Å²) < 4.78 is 33.7. The van der Waals surface area contributed by atoms with Crippen molar-refractivity contribution in [1.29, 1.82) is 5.26 Å². The van der Waals surface area contributed by atoms with Gasteiger partial charge in [-0.3, -0.25) is 9.59 Å². The number of carbonyl (C=O) groups is 2. The average molecular weight is 463 g/mol. The van der Waals surface area contributed by atoms with Crippen LogP contribution in [0, 0.1) is 28.9 Å². The highest BCUT2D eigenvalue weighted by molar-refractivity contribution is 6.01. The zero-order valence-corrected chi connectivity index (χ0v) is 18.6. The van der Waals surface area contributed by atoms with E-state index in [2.05, 4.69) is 16.7 Å². The minimum absolute atomic E-state index is 0.228. The van der Waals surface area contributed by atoms with Crippen LogP contribution in [0.5, 0.6) is 5.75 Å². The van der Waals surface area contributed by atoms with Crippen LogP contribution in [0.1, 0.15) is 35.3 Å². The molecule has 0 aromatic heterocycles. The van der Waals surface area contributed by atoms with E-state index in [1.165, 1.54) is 0 Å². The summed E-state index contributed by atoms with van der Waals surface area (Å²) >= 11 is 0. The number of hydrogen-bond acceptors (Lipinski definition) is 4. The van der Waals surface area contributed by atoms with Crippen LogP contribution in [0.25, 0.3) is 0 Å². The molecule has 0 heterocycles. The number of carbonyl (C=O) groups excluding carboxylic acids is 2. The molecular formula is C26H23F2N3O3. The third-order valence-electron chi connectivity index (χ3n) is 4.99. The van der Waals surface area contributed by atoms with Gasteiger partial charge in [0.15, 0.2) is 0 Å². The second kappa shape index (κ2) is 11.1. The molecule has 0 saturated heterocycles. The smallest absolute Gasteiger partial charge is 0.257 e. The maximum Gasteiger partial charge on any atom is 0.257 e. The molecule has 6 nitrogen and oxygen atoms in total. The lowest BCUT2D eigenvalue weighted by Crippen LogP contribution is -2.47. The highest BCUT2D eigenvalue weighted by Crippen LogP contribution is 2.20. The first kappa shape index (κ1) is 24.4. The number of hydrogen-bond donors (Lipinski definition) is 2. The van der Waals surface area contributed by atoms with Crippen molar-refractivity contribution in [3.63, 3.8) is 0 Å². The number of amides is 2. The van der Waals surface area contributed by atoms with Gasteiger partial charge in [0.05, 0.1) is 11.6 Å². The highest BCUT2D eigenvalue weighted by atomic mass is 19.1. The Morgan fingerprint density at radius 2 is 1.68 bits per heavy atom. The summed E-state index contributed by atoms with van der Waals surface area (Å²) in [7, 11) is 0. The zero-order chi connectivity index (χ0) is 24.7. The number of nitrogens with zero attached hydrogens (tertiary/aromatic N) is 1. The van der Waals surface area contributed by atoms with E-state index in [9.17, 15) is 18.4 Å². The predicted octanol–water partition coefficient (Wildman–Crippen LogP) is 4.81. The topological polar surface area (TPSA) is 91.2 Å². The molecule has 34 heavy (non-hydrogen) atoms. The number of ether oxygens (including phenoxy) is 1. The Labute approximate surface area is 196 Å². The molecule has 3 rings (SSSR count). The molecule has 2 amide bonds. The molecule has 0 bridgehead atoms. The van der Waals surface area contributed by atoms with Crippen LogP contribution in [0.2, 0.25) is 0 Å². The summed E-state index contributed by atoms with van der Waals surface area (Å²) in [5.41, 5.74) is 1.03. The molecule has 8 heteroatoms. The van der Waals surface area contributed by atoms with Gasteiger partial charge in [-0.1, -0.05) is 38.1 Å². The average Bonchev–Trinajstić information content (AvgIpc) is 2.81. The normalized spacial score (nSPS) is 11.4. The van der Waals surface area contributed by atoms with Gasteiger partial charge in [0.25, 0.3) is 5.91 Å². The Balaban J connectivity index is 1.68. The summed E-state index contributed by atoms with van der Waals surface area (Å²) in [6, 6.07) is 17.8. The lowest BCUT2D eigenvalue weighted by atomic mass is 10.0. The van der Waals surface area contributed by atoms with E-state index >= 15 is 0 Å². The van der Waals surface area contributed by atoms with Crippen LogP contribution in [-0.4, -0.2) is 17.9 Å². The van der Waals surface area contributed by atoms with E-state index in [4.69, 9.17) is 10.00 Å². The number of rotatable bonds is 8. The van der Waals surface area contributed by atoms with Crippen molar-refractivity contribution in [3.05, 3.63) is 95.1 Å². The van der Waals surface area contributed by atoms with Crippen LogP contribution in [0.3, 0.4) is 0 Å². The van der Waals surface area contributed by atoms with Crippen LogP contribution in [-0.2, 0) is 11.4 Å². The Morgan fingerprint density at radius 1 is 1.00 bits per heavy atom. The fourth-order valence-corrected chi connectivity index (χ4v) is 3.24. The van der Waals surface area contributed by atoms with Gasteiger partial charge in [-0.25, -0.2) is 8.78 Å². The minimum Gasteiger partial charge on any atom is -0.489 e. The zero-order valence-electron chi connectivity index (χ0n) is 18.6. The van der Waals surface area contributed by atoms with E-state index < -0.39 is 35.1 Å². The molecule has 1 atom stereocenters. The Morgan fingerprint density at radius 3 is 2.35 bits per heavy atom. The second-order valence-corrected chi connectivity index (χ2v) is 7.91. The fourth-order valence-electron chi connectivity index (χ4n) is 3.24. The molecule has 0 unspecified atom stereocenters. The molecule has 0 radical (unpaired) electrons. The van der Waals surface area contributed by atoms with Crippen molar-refractivity contribution in [2.24, 2.45) is 5.92 Å². The van der Waals surface area contributed by atoms with Crippen LogP contribution in [0.15, 0.2) is 66.7 Å². The first-order valence-corrected chi connectivity index (χ1v) is 10.6. The third-order valence-corrected chi connectivity index (χ3v) is 4.99. The van der Waals surface area contributed by atoms with E-state index in [1.54, 1.807) is 56.3 Å². The summed E-state index contributed by atoms with van der Waals surface area (Å²) in [6.07, 6.45) is 0. The molecule has 2 N–H and O–H groups in total. The van der Waals surface area contributed by atoms with Gasteiger partial charge in [-0.05, 0) is 47.9 Å². The third kappa shape index (κ3) is 6.17. The van der Waals surface area contributed by atoms with Crippen molar-refractivity contribution in [1.82, 2.24) is 5.32 Å². The molecule has 3 aromatic carbocycles. The Bertz CT molecular complexity index is 1220. The van der Waals surface area contributed by atoms with Crippen molar-refractivity contribution in [2.45, 2.75) is 26.5 Å². The maximum atomic E-state index is 14.0. The van der Waals surface area contributed by atoms with E-state index in [0.29, 0.717) is 17.0 Å². The largest absolute Gasteiger partial charge is 0.489 e. The maximum absolute atomic E-state index is 14.0. The van der Waals surface area contributed by atoms with Gasteiger partial charge < -0.3 is 15.4 Å². The van der Waals surface area contributed by atoms with Crippen LogP contribution in [0.4, 0.5) is 14.5 Å². The second-order valence-electron chi connectivity index (χ2n) is 7.91. The Hall–Kier alpha value is -4.25. The molecule has 0 aliphatic heterocycles. The van der Waals surface area contributed by atoms with Crippen molar-refractivity contribution in [3.8, 4) is 11.8 Å². The molecular weight excluding hydrogens is 440 g/mol. The van der Waals surface area contributed by atoms with Crippen LogP contribution < -0.4 is 15.4 Å². The molecule has 3 aromatic rings. The van der Waals surface area contributed by atoms with Gasteiger partial charge in [0.2, 0.25) is 5.91 Å². The van der Waals surface area contributed by atoms with Gasteiger partial charge in [-0.15, -0.1) is 0 Å². The number of anilines is 1. The van der Waals surface area contributed by atoms with Gasteiger partial charge >= 0.3 is 0 Å². The molecule has 174 valence electrons. The number of nitrogens with one attached hydrogen (secondary N) is 2. The number of nitriles is 1. The van der Waals surface area contributed by atoms with Crippen LogP contribution >= 0.6 is 0 Å².